The number of hydrogen-bond acceptors (Lipinski definition) is 7. The van der Waals surface area contributed by atoms with E-state index in [-0.39, 0.29) is 12.5 Å². The number of carbonyl (C=O) groups is 1. The third kappa shape index (κ3) is 4.02. The van der Waals surface area contributed by atoms with Gasteiger partial charge in [0, 0.05) is 7.05 Å². The SMILES string of the molecule is COc1ccccc1O[C@@H](C)C(=O)N(C)Cc1nc(-c2cccs2)no1. The third-order valence-corrected chi connectivity index (χ3v) is 4.54. The molecule has 1 amide bonds. The van der Waals surface area contributed by atoms with Gasteiger partial charge in [-0.25, -0.2) is 0 Å². The van der Waals surface area contributed by atoms with Crippen LogP contribution in [0.1, 0.15) is 12.8 Å². The summed E-state index contributed by atoms with van der Waals surface area (Å²) in [4.78, 5) is 19.3. The first-order valence-electron chi connectivity index (χ1n) is 7.99. The van der Waals surface area contributed by atoms with Gasteiger partial charge in [0.1, 0.15) is 0 Å². The van der Waals surface area contributed by atoms with Gasteiger partial charge in [0.25, 0.3) is 5.91 Å². The number of rotatable bonds is 7. The van der Waals surface area contributed by atoms with Crippen molar-refractivity contribution in [3.8, 4) is 22.2 Å². The average molecular weight is 373 g/mol. The van der Waals surface area contributed by atoms with Gasteiger partial charge < -0.3 is 18.9 Å². The molecule has 0 aliphatic carbocycles. The maximum atomic E-state index is 12.6. The number of methoxy groups -OCH3 is 1. The summed E-state index contributed by atoms with van der Waals surface area (Å²) in [6, 6.07) is 11.0. The molecule has 0 spiro atoms. The van der Waals surface area contributed by atoms with E-state index in [9.17, 15) is 4.79 Å². The molecule has 3 rings (SSSR count). The molecule has 0 fully saturated rings. The van der Waals surface area contributed by atoms with Crippen LogP contribution in [0.5, 0.6) is 11.5 Å². The number of carbonyl (C=O) groups excluding carboxylic acids is 1. The van der Waals surface area contributed by atoms with E-state index >= 15 is 0 Å². The molecule has 0 bridgehead atoms. The van der Waals surface area contributed by atoms with Crippen molar-refractivity contribution in [2.45, 2.75) is 19.6 Å². The van der Waals surface area contributed by atoms with E-state index < -0.39 is 6.10 Å². The van der Waals surface area contributed by atoms with Crippen molar-refractivity contribution in [1.29, 1.82) is 0 Å². The molecule has 136 valence electrons. The van der Waals surface area contributed by atoms with E-state index in [0.717, 1.165) is 4.88 Å². The maximum absolute atomic E-state index is 12.6. The molecule has 7 nitrogen and oxygen atoms in total. The average Bonchev–Trinajstić information content (AvgIpc) is 3.33. The van der Waals surface area contributed by atoms with Crippen LogP contribution in [0.4, 0.5) is 0 Å². The summed E-state index contributed by atoms with van der Waals surface area (Å²) in [5.74, 6) is 1.78. The quantitative estimate of drug-likeness (QED) is 0.633. The lowest BCUT2D eigenvalue weighted by Gasteiger charge is -2.21. The number of benzene rings is 1. The summed E-state index contributed by atoms with van der Waals surface area (Å²) < 4.78 is 16.2. The predicted octanol–water partition coefficient (Wildman–Crippen LogP) is 3.23. The zero-order chi connectivity index (χ0) is 18.5. The second-order valence-corrected chi connectivity index (χ2v) is 6.54. The van der Waals surface area contributed by atoms with Crippen LogP contribution in [-0.4, -0.2) is 41.2 Å². The van der Waals surface area contributed by atoms with Crippen LogP contribution in [0.3, 0.4) is 0 Å². The minimum atomic E-state index is -0.684. The van der Waals surface area contributed by atoms with Gasteiger partial charge in [-0.3, -0.25) is 4.79 Å². The first kappa shape index (κ1) is 17.9. The van der Waals surface area contributed by atoms with Crippen LogP contribution in [-0.2, 0) is 11.3 Å². The standard InChI is InChI=1S/C18H19N3O4S/c1-12(24-14-8-5-4-7-13(14)23-3)18(22)21(2)11-16-19-17(20-25-16)15-9-6-10-26-15/h4-10,12H,11H2,1-3H3/t12-/m0/s1. The molecule has 0 saturated carbocycles. The van der Waals surface area contributed by atoms with Crippen LogP contribution in [0.15, 0.2) is 46.3 Å². The Kier molecular flexibility index (Phi) is 5.52. The van der Waals surface area contributed by atoms with Crippen molar-refractivity contribution in [3.05, 3.63) is 47.7 Å². The third-order valence-electron chi connectivity index (χ3n) is 3.68. The molecule has 2 aromatic heterocycles. The highest BCUT2D eigenvalue weighted by molar-refractivity contribution is 7.13. The number of para-hydroxylation sites is 2. The molecule has 1 atom stereocenters. The highest BCUT2D eigenvalue weighted by Crippen LogP contribution is 2.27. The summed E-state index contributed by atoms with van der Waals surface area (Å²) in [6.45, 7) is 1.90. The largest absolute Gasteiger partial charge is 0.493 e. The van der Waals surface area contributed by atoms with Crippen molar-refractivity contribution in [2.75, 3.05) is 14.2 Å². The molecule has 0 aliphatic heterocycles. The van der Waals surface area contributed by atoms with E-state index in [4.69, 9.17) is 14.0 Å². The van der Waals surface area contributed by atoms with Gasteiger partial charge in [-0.1, -0.05) is 23.4 Å². The Bertz CT molecular complexity index is 863. The van der Waals surface area contributed by atoms with Crippen molar-refractivity contribution in [3.63, 3.8) is 0 Å². The molecule has 0 unspecified atom stereocenters. The number of likely N-dealkylation sites (N-methyl/N-ethyl adjacent to an activating group) is 1. The molecular formula is C18H19N3O4S. The number of ether oxygens (including phenoxy) is 2. The Balaban J connectivity index is 1.62. The Morgan fingerprint density at radius 3 is 2.73 bits per heavy atom. The lowest BCUT2D eigenvalue weighted by atomic mass is 10.3. The zero-order valence-corrected chi connectivity index (χ0v) is 15.5. The number of amides is 1. The highest BCUT2D eigenvalue weighted by Gasteiger charge is 2.22. The van der Waals surface area contributed by atoms with E-state index in [2.05, 4.69) is 10.1 Å². The molecule has 0 aliphatic rings. The van der Waals surface area contributed by atoms with E-state index in [1.807, 2.05) is 29.6 Å². The van der Waals surface area contributed by atoms with Gasteiger partial charge in [-0.15, -0.1) is 11.3 Å². The number of aromatic nitrogens is 2. The minimum absolute atomic E-state index is 0.202. The van der Waals surface area contributed by atoms with E-state index in [1.54, 1.807) is 33.2 Å². The normalized spacial score (nSPS) is 11.8. The monoisotopic (exact) mass is 373 g/mol. The fourth-order valence-electron chi connectivity index (χ4n) is 2.37. The Labute approximate surface area is 155 Å². The second kappa shape index (κ2) is 8.01. The topological polar surface area (TPSA) is 77.7 Å². The molecule has 0 radical (unpaired) electrons. The Morgan fingerprint density at radius 2 is 2.04 bits per heavy atom. The first-order chi connectivity index (χ1) is 12.6. The predicted molar refractivity (Wildman–Crippen MR) is 97.2 cm³/mol. The van der Waals surface area contributed by atoms with Crippen molar-refractivity contribution in [2.24, 2.45) is 0 Å². The van der Waals surface area contributed by atoms with Crippen molar-refractivity contribution >= 4 is 17.2 Å². The number of hydrogen-bond donors (Lipinski definition) is 0. The van der Waals surface area contributed by atoms with Gasteiger partial charge >= 0.3 is 0 Å². The molecule has 1 aromatic carbocycles. The first-order valence-corrected chi connectivity index (χ1v) is 8.87. The van der Waals surface area contributed by atoms with Crippen LogP contribution >= 0.6 is 11.3 Å². The second-order valence-electron chi connectivity index (χ2n) is 5.59. The minimum Gasteiger partial charge on any atom is -0.493 e. The fourth-order valence-corrected chi connectivity index (χ4v) is 3.02. The molecule has 0 saturated heterocycles. The van der Waals surface area contributed by atoms with Crippen LogP contribution < -0.4 is 9.47 Å². The molecular weight excluding hydrogens is 354 g/mol. The zero-order valence-electron chi connectivity index (χ0n) is 14.7. The highest BCUT2D eigenvalue weighted by atomic mass is 32.1. The maximum Gasteiger partial charge on any atom is 0.263 e. The molecule has 2 heterocycles. The summed E-state index contributed by atoms with van der Waals surface area (Å²) in [7, 11) is 3.22. The lowest BCUT2D eigenvalue weighted by Crippen LogP contribution is -2.37. The van der Waals surface area contributed by atoms with Gasteiger partial charge in [-0.2, -0.15) is 4.98 Å². The van der Waals surface area contributed by atoms with Gasteiger partial charge in [0.15, 0.2) is 17.6 Å². The summed E-state index contributed by atoms with van der Waals surface area (Å²) >= 11 is 1.53. The van der Waals surface area contributed by atoms with Crippen LogP contribution in [0.2, 0.25) is 0 Å². The number of thiophene rings is 1. The van der Waals surface area contributed by atoms with Crippen LogP contribution in [0, 0.1) is 0 Å². The summed E-state index contributed by atoms with van der Waals surface area (Å²) in [5, 5.41) is 5.89. The van der Waals surface area contributed by atoms with Crippen molar-refractivity contribution in [1.82, 2.24) is 15.0 Å². The van der Waals surface area contributed by atoms with Crippen LogP contribution in [0.25, 0.3) is 10.7 Å². The Morgan fingerprint density at radius 1 is 1.27 bits per heavy atom. The molecule has 8 heteroatoms. The summed E-state index contributed by atoms with van der Waals surface area (Å²) in [5.41, 5.74) is 0. The molecule has 26 heavy (non-hydrogen) atoms. The van der Waals surface area contributed by atoms with Gasteiger partial charge in [0.05, 0.1) is 18.5 Å². The Hall–Kier alpha value is -2.87. The van der Waals surface area contributed by atoms with E-state index in [1.165, 1.54) is 16.2 Å². The molecule has 0 N–H and O–H groups in total. The van der Waals surface area contributed by atoms with Crippen molar-refractivity contribution < 1.29 is 18.8 Å². The fraction of sp³-hybridized carbons (Fsp3) is 0.278. The van der Waals surface area contributed by atoms with Gasteiger partial charge in [-0.05, 0) is 30.5 Å². The molecule has 3 aromatic rings. The lowest BCUT2D eigenvalue weighted by molar-refractivity contribution is -0.137. The summed E-state index contributed by atoms with van der Waals surface area (Å²) in [6.07, 6.45) is -0.684. The van der Waals surface area contributed by atoms with E-state index in [0.29, 0.717) is 23.2 Å². The number of nitrogens with zero attached hydrogens (tertiary/aromatic N) is 3. The van der Waals surface area contributed by atoms with Gasteiger partial charge in [0.2, 0.25) is 11.7 Å². The smallest absolute Gasteiger partial charge is 0.263 e.